The quantitative estimate of drug-likeness (QED) is 0.798. The van der Waals surface area contributed by atoms with Crippen molar-refractivity contribution in [2.24, 2.45) is 5.73 Å². The van der Waals surface area contributed by atoms with Crippen LogP contribution in [0.5, 0.6) is 17.2 Å². The molecule has 0 saturated carbocycles. The Morgan fingerprint density at radius 3 is 2.09 bits per heavy atom. The van der Waals surface area contributed by atoms with Gasteiger partial charge in [0.05, 0.1) is 12.7 Å². The van der Waals surface area contributed by atoms with Gasteiger partial charge in [0.2, 0.25) is 0 Å². The van der Waals surface area contributed by atoms with E-state index in [2.05, 4.69) is 0 Å². The van der Waals surface area contributed by atoms with E-state index in [9.17, 15) is 4.79 Å². The van der Waals surface area contributed by atoms with Crippen molar-refractivity contribution in [3.63, 3.8) is 0 Å². The van der Waals surface area contributed by atoms with Gasteiger partial charge in [-0.1, -0.05) is 24.3 Å². The van der Waals surface area contributed by atoms with Crippen molar-refractivity contribution in [2.45, 2.75) is 13.8 Å². The lowest BCUT2D eigenvalue weighted by Gasteiger charge is -2.15. The third-order valence-corrected chi connectivity index (χ3v) is 3.45. The zero-order valence-corrected chi connectivity index (χ0v) is 13.6. The molecule has 1 amide bonds. The summed E-state index contributed by atoms with van der Waals surface area (Å²) in [5, 5.41) is 0. The number of hydrogen-bond donors (Lipinski definition) is 1. The van der Waals surface area contributed by atoms with Crippen molar-refractivity contribution in [1.82, 2.24) is 0 Å². The number of para-hydroxylation sites is 2. The van der Waals surface area contributed by atoms with Gasteiger partial charge in [0.1, 0.15) is 19.0 Å². The normalized spacial score (nSPS) is 10.2. The van der Waals surface area contributed by atoms with E-state index in [0.29, 0.717) is 18.1 Å². The smallest absolute Gasteiger partial charge is 0.252 e. The second-order valence-corrected chi connectivity index (χ2v) is 5.12. The molecule has 0 heterocycles. The van der Waals surface area contributed by atoms with Gasteiger partial charge in [0.25, 0.3) is 5.91 Å². The summed E-state index contributed by atoms with van der Waals surface area (Å²) in [7, 11) is 1.51. The number of rotatable bonds is 7. The minimum atomic E-state index is -0.561. The van der Waals surface area contributed by atoms with E-state index in [1.165, 1.54) is 7.11 Å². The maximum atomic E-state index is 11.5. The third-order valence-electron chi connectivity index (χ3n) is 3.45. The highest BCUT2D eigenvalue weighted by molar-refractivity contribution is 5.96. The molecule has 0 radical (unpaired) electrons. The molecule has 2 aromatic carbocycles. The first kappa shape index (κ1) is 16.7. The Kier molecular flexibility index (Phi) is 5.46. The zero-order valence-electron chi connectivity index (χ0n) is 13.6. The molecule has 0 bridgehead atoms. The number of methoxy groups -OCH3 is 1. The number of ether oxygens (including phenoxy) is 3. The number of benzene rings is 2. The fourth-order valence-electron chi connectivity index (χ4n) is 2.33. The van der Waals surface area contributed by atoms with Crippen LogP contribution in [0.2, 0.25) is 0 Å². The predicted molar refractivity (Wildman–Crippen MR) is 88.4 cm³/mol. The minimum absolute atomic E-state index is 0.272. The van der Waals surface area contributed by atoms with Crippen LogP contribution in [-0.2, 0) is 0 Å². The molecule has 23 heavy (non-hydrogen) atoms. The van der Waals surface area contributed by atoms with Crippen LogP contribution in [0.3, 0.4) is 0 Å². The van der Waals surface area contributed by atoms with E-state index >= 15 is 0 Å². The van der Waals surface area contributed by atoms with Crippen LogP contribution in [0.4, 0.5) is 0 Å². The van der Waals surface area contributed by atoms with Crippen molar-refractivity contribution in [3.8, 4) is 17.2 Å². The molecular weight excluding hydrogens is 294 g/mol. The monoisotopic (exact) mass is 315 g/mol. The van der Waals surface area contributed by atoms with Gasteiger partial charge in [-0.2, -0.15) is 0 Å². The number of primary amides is 1. The van der Waals surface area contributed by atoms with E-state index < -0.39 is 5.91 Å². The standard InChI is InChI=1S/C18H21NO4/c1-12-6-4-7-13(2)16(12)22-10-11-23-17-14(18(19)20)8-5-9-15(17)21-3/h4-9H,10-11H2,1-3H3,(H2,19,20). The second kappa shape index (κ2) is 7.54. The average Bonchev–Trinajstić information content (AvgIpc) is 2.53. The summed E-state index contributed by atoms with van der Waals surface area (Å²) in [6, 6.07) is 11.0. The largest absolute Gasteiger partial charge is 0.493 e. The van der Waals surface area contributed by atoms with Crippen molar-refractivity contribution in [2.75, 3.05) is 20.3 Å². The molecule has 2 N–H and O–H groups in total. The Hall–Kier alpha value is -2.69. The van der Waals surface area contributed by atoms with E-state index in [1.54, 1.807) is 18.2 Å². The summed E-state index contributed by atoms with van der Waals surface area (Å²) < 4.78 is 16.7. The number of hydrogen-bond acceptors (Lipinski definition) is 4. The van der Waals surface area contributed by atoms with Crippen LogP contribution in [0.25, 0.3) is 0 Å². The van der Waals surface area contributed by atoms with Crippen molar-refractivity contribution in [1.29, 1.82) is 0 Å². The summed E-state index contributed by atoms with van der Waals surface area (Å²) in [6.45, 7) is 4.61. The highest BCUT2D eigenvalue weighted by Crippen LogP contribution is 2.30. The van der Waals surface area contributed by atoms with E-state index in [0.717, 1.165) is 16.9 Å². The Balaban J connectivity index is 2.03. The topological polar surface area (TPSA) is 70.8 Å². The lowest BCUT2D eigenvalue weighted by molar-refractivity contribution is 0.0994. The van der Waals surface area contributed by atoms with Crippen LogP contribution in [0.1, 0.15) is 21.5 Å². The number of nitrogens with two attached hydrogens (primary N) is 1. The molecule has 5 heteroatoms. The molecule has 0 spiro atoms. The predicted octanol–water partition coefficient (Wildman–Crippen LogP) is 2.87. The molecule has 0 saturated heterocycles. The first-order valence-corrected chi connectivity index (χ1v) is 7.33. The van der Waals surface area contributed by atoms with Crippen molar-refractivity contribution in [3.05, 3.63) is 53.1 Å². The van der Waals surface area contributed by atoms with Gasteiger partial charge in [0.15, 0.2) is 11.5 Å². The van der Waals surface area contributed by atoms with Gasteiger partial charge in [0, 0.05) is 0 Å². The molecular formula is C18H21NO4. The van der Waals surface area contributed by atoms with Gasteiger partial charge < -0.3 is 19.9 Å². The van der Waals surface area contributed by atoms with Crippen LogP contribution < -0.4 is 19.9 Å². The van der Waals surface area contributed by atoms with Gasteiger partial charge in [-0.25, -0.2) is 0 Å². The molecule has 0 aliphatic carbocycles. The van der Waals surface area contributed by atoms with Gasteiger partial charge in [-0.05, 0) is 37.1 Å². The SMILES string of the molecule is COc1cccc(C(N)=O)c1OCCOc1c(C)cccc1C. The molecule has 0 unspecified atom stereocenters. The van der Waals surface area contributed by atoms with Crippen LogP contribution in [0.15, 0.2) is 36.4 Å². The first-order valence-electron chi connectivity index (χ1n) is 7.33. The van der Waals surface area contributed by atoms with Gasteiger partial charge in [-0.15, -0.1) is 0 Å². The first-order chi connectivity index (χ1) is 11.0. The molecule has 0 fully saturated rings. The number of carbonyl (C=O) groups is 1. The van der Waals surface area contributed by atoms with Crippen molar-refractivity contribution < 1.29 is 19.0 Å². The fraction of sp³-hybridized carbons (Fsp3) is 0.278. The van der Waals surface area contributed by atoms with Gasteiger partial charge in [-0.3, -0.25) is 4.79 Å². The molecule has 2 rings (SSSR count). The third kappa shape index (κ3) is 3.94. The van der Waals surface area contributed by atoms with E-state index in [1.807, 2.05) is 32.0 Å². The second-order valence-electron chi connectivity index (χ2n) is 5.12. The lowest BCUT2D eigenvalue weighted by Crippen LogP contribution is -2.16. The van der Waals surface area contributed by atoms with E-state index in [-0.39, 0.29) is 12.2 Å². The Morgan fingerprint density at radius 1 is 0.957 bits per heavy atom. The molecule has 5 nitrogen and oxygen atoms in total. The average molecular weight is 315 g/mol. The summed E-state index contributed by atoms with van der Waals surface area (Å²) in [6.07, 6.45) is 0. The number of carbonyl (C=O) groups excluding carboxylic acids is 1. The highest BCUT2D eigenvalue weighted by atomic mass is 16.5. The molecule has 0 aromatic heterocycles. The molecule has 122 valence electrons. The Bertz CT molecular complexity index is 677. The van der Waals surface area contributed by atoms with E-state index in [4.69, 9.17) is 19.9 Å². The minimum Gasteiger partial charge on any atom is -0.493 e. The summed E-state index contributed by atoms with van der Waals surface area (Å²) in [5.74, 6) is 1.10. The lowest BCUT2D eigenvalue weighted by atomic mass is 10.1. The van der Waals surface area contributed by atoms with Crippen LogP contribution >= 0.6 is 0 Å². The maximum absolute atomic E-state index is 11.5. The number of aryl methyl sites for hydroxylation is 2. The summed E-state index contributed by atoms with van der Waals surface area (Å²) in [5.41, 5.74) is 7.79. The molecule has 0 aliphatic heterocycles. The van der Waals surface area contributed by atoms with Crippen LogP contribution in [-0.4, -0.2) is 26.2 Å². The van der Waals surface area contributed by atoms with Crippen molar-refractivity contribution >= 4 is 5.91 Å². The number of amides is 1. The molecule has 0 atom stereocenters. The fourth-order valence-corrected chi connectivity index (χ4v) is 2.33. The Morgan fingerprint density at radius 2 is 1.52 bits per heavy atom. The maximum Gasteiger partial charge on any atom is 0.252 e. The van der Waals surface area contributed by atoms with Crippen LogP contribution in [0, 0.1) is 13.8 Å². The highest BCUT2D eigenvalue weighted by Gasteiger charge is 2.14. The molecule has 2 aromatic rings. The summed E-state index contributed by atoms with van der Waals surface area (Å²) in [4.78, 5) is 11.5. The summed E-state index contributed by atoms with van der Waals surface area (Å²) >= 11 is 0. The molecule has 0 aliphatic rings. The zero-order chi connectivity index (χ0) is 16.8. The Labute approximate surface area is 136 Å². The van der Waals surface area contributed by atoms with Gasteiger partial charge >= 0.3 is 0 Å².